The van der Waals surface area contributed by atoms with Gasteiger partial charge in [-0.2, -0.15) is 0 Å². The summed E-state index contributed by atoms with van der Waals surface area (Å²) in [6.45, 7) is 3.83. The molecule has 2 N–H and O–H groups in total. The summed E-state index contributed by atoms with van der Waals surface area (Å²) in [4.78, 5) is 11.4. The number of pyridine rings is 2. The normalized spacial score (nSPS) is 17.1. The summed E-state index contributed by atoms with van der Waals surface area (Å²) in [6.07, 6.45) is 6.38. The van der Waals surface area contributed by atoms with Crippen molar-refractivity contribution < 1.29 is 9.13 Å². The van der Waals surface area contributed by atoms with Gasteiger partial charge in [0.2, 0.25) is 0 Å². The Hall–Kier alpha value is -2.93. The fourth-order valence-electron chi connectivity index (χ4n) is 4.77. The minimum Gasteiger partial charge on any atom is -0.497 e. The molecular weight excluding hydrogens is 405 g/mol. The maximum Gasteiger partial charge on any atom is 0.145 e. The average Bonchev–Trinajstić information content (AvgIpc) is 2.84. The van der Waals surface area contributed by atoms with E-state index in [-0.39, 0.29) is 5.82 Å². The zero-order valence-electron chi connectivity index (χ0n) is 18.5. The van der Waals surface area contributed by atoms with E-state index in [2.05, 4.69) is 32.7 Å². The highest BCUT2D eigenvalue weighted by Crippen LogP contribution is 2.26. The van der Waals surface area contributed by atoms with E-state index in [1.807, 2.05) is 18.2 Å². The number of aryl methyl sites for hydroxylation is 1. The van der Waals surface area contributed by atoms with Gasteiger partial charge in [-0.15, -0.1) is 0 Å². The highest BCUT2D eigenvalue weighted by Gasteiger charge is 2.21. The van der Waals surface area contributed by atoms with Gasteiger partial charge in [0.15, 0.2) is 0 Å². The number of piperidine rings is 1. The molecule has 2 aliphatic heterocycles. The third kappa shape index (κ3) is 4.48. The predicted molar refractivity (Wildman–Crippen MR) is 126 cm³/mol. The van der Waals surface area contributed by atoms with E-state index in [0.717, 1.165) is 79.3 Å². The Bertz CT molecular complexity index is 1100. The number of benzene rings is 1. The number of methoxy groups -OCH3 is 1. The molecule has 2 aromatic heterocycles. The van der Waals surface area contributed by atoms with Gasteiger partial charge in [0.25, 0.3) is 0 Å². The lowest BCUT2D eigenvalue weighted by Crippen LogP contribution is -2.40. The molecule has 1 saturated heterocycles. The summed E-state index contributed by atoms with van der Waals surface area (Å²) in [6, 6.07) is 10.3. The summed E-state index contributed by atoms with van der Waals surface area (Å²) in [5.74, 6) is 2.47. The van der Waals surface area contributed by atoms with Crippen molar-refractivity contribution in [2.75, 3.05) is 43.9 Å². The van der Waals surface area contributed by atoms with Crippen LogP contribution in [0.2, 0.25) is 0 Å². The number of fused-ring (bicyclic) bond motifs is 2. The first-order chi connectivity index (χ1) is 15.7. The molecule has 0 radical (unpaired) electrons. The molecule has 0 amide bonds. The predicted octanol–water partition coefficient (Wildman–Crippen LogP) is 4.25. The summed E-state index contributed by atoms with van der Waals surface area (Å²) in [7, 11) is 1.63. The monoisotopic (exact) mass is 435 g/mol. The molecule has 0 bridgehead atoms. The van der Waals surface area contributed by atoms with Gasteiger partial charge in [-0.3, -0.25) is 4.98 Å². The topological polar surface area (TPSA) is 62.3 Å². The van der Waals surface area contributed by atoms with Crippen LogP contribution in [0.1, 0.15) is 30.4 Å². The summed E-state index contributed by atoms with van der Waals surface area (Å²) >= 11 is 0. The smallest absolute Gasteiger partial charge is 0.145 e. The number of aromatic nitrogens is 2. The van der Waals surface area contributed by atoms with Crippen molar-refractivity contribution in [3.8, 4) is 5.75 Å². The molecule has 4 heterocycles. The summed E-state index contributed by atoms with van der Waals surface area (Å²) in [5.41, 5.74) is 2.84. The van der Waals surface area contributed by atoms with E-state index < -0.39 is 0 Å². The highest BCUT2D eigenvalue weighted by atomic mass is 19.1. The van der Waals surface area contributed by atoms with Gasteiger partial charge in [0, 0.05) is 43.2 Å². The van der Waals surface area contributed by atoms with E-state index in [0.29, 0.717) is 12.5 Å². The van der Waals surface area contributed by atoms with Crippen LogP contribution >= 0.6 is 0 Å². The van der Waals surface area contributed by atoms with E-state index in [1.54, 1.807) is 7.11 Å². The Balaban J connectivity index is 1.18. The summed E-state index contributed by atoms with van der Waals surface area (Å²) in [5, 5.41) is 7.85. The number of hydrogen-bond acceptors (Lipinski definition) is 6. The Morgan fingerprint density at radius 2 is 2.09 bits per heavy atom. The van der Waals surface area contributed by atoms with E-state index >= 15 is 0 Å². The Morgan fingerprint density at radius 3 is 2.94 bits per heavy atom. The number of ether oxygens (including phenoxy) is 1. The molecule has 7 heteroatoms. The van der Waals surface area contributed by atoms with E-state index in [1.165, 1.54) is 18.2 Å². The van der Waals surface area contributed by atoms with Gasteiger partial charge in [-0.25, -0.2) is 9.37 Å². The van der Waals surface area contributed by atoms with Gasteiger partial charge < -0.3 is 20.3 Å². The van der Waals surface area contributed by atoms with Crippen molar-refractivity contribution in [1.82, 2.24) is 14.9 Å². The molecule has 0 saturated carbocycles. The molecule has 0 atom stereocenters. The minimum absolute atomic E-state index is 0.241. The first-order valence-corrected chi connectivity index (χ1v) is 11.5. The molecule has 2 aliphatic rings. The Labute approximate surface area is 188 Å². The molecule has 1 aromatic carbocycles. The van der Waals surface area contributed by atoms with Gasteiger partial charge in [-0.05, 0) is 61.9 Å². The number of nitrogens with one attached hydrogen (secondary N) is 2. The van der Waals surface area contributed by atoms with Crippen molar-refractivity contribution in [2.45, 2.75) is 38.1 Å². The van der Waals surface area contributed by atoms with Crippen LogP contribution in [0.4, 0.5) is 16.0 Å². The maximum absolute atomic E-state index is 14.6. The number of likely N-dealkylation sites (tertiary alicyclic amines) is 1. The zero-order valence-corrected chi connectivity index (χ0v) is 18.5. The van der Waals surface area contributed by atoms with Crippen molar-refractivity contribution in [3.05, 3.63) is 53.5 Å². The molecule has 168 valence electrons. The highest BCUT2D eigenvalue weighted by molar-refractivity contribution is 5.83. The molecular formula is C25H30FN5O. The Kier molecular flexibility index (Phi) is 6.08. The lowest BCUT2D eigenvalue weighted by atomic mass is 10.0. The van der Waals surface area contributed by atoms with Crippen molar-refractivity contribution in [3.63, 3.8) is 0 Å². The third-order valence-corrected chi connectivity index (χ3v) is 6.65. The van der Waals surface area contributed by atoms with Crippen molar-refractivity contribution >= 4 is 22.5 Å². The summed E-state index contributed by atoms with van der Waals surface area (Å²) < 4.78 is 19.9. The second-order valence-corrected chi connectivity index (χ2v) is 8.71. The standard InChI is InChI=1S/C25H30FN5O/c1-32-19-5-6-23-21(15-19)20(22(26)16-28-23)10-14-31-12-8-18(9-13-31)29-24-7-4-17-3-2-11-27-25(17)30-24/h4-7,15-16,18H,2-3,8-14H2,1H3,(H2,27,29,30). The largest absolute Gasteiger partial charge is 0.497 e. The molecule has 0 aliphatic carbocycles. The molecule has 32 heavy (non-hydrogen) atoms. The minimum atomic E-state index is -0.241. The van der Waals surface area contributed by atoms with Crippen LogP contribution in [-0.2, 0) is 12.8 Å². The quantitative estimate of drug-likeness (QED) is 0.604. The second kappa shape index (κ2) is 9.28. The van der Waals surface area contributed by atoms with Crippen LogP contribution in [0.5, 0.6) is 5.75 Å². The van der Waals surface area contributed by atoms with Gasteiger partial charge in [-0.1, -0.05) is 6.07 Å². The molecule has 3 aromatic rings. The maximum atomic E-state index is 14.6. The number of anilines is 2. The Morgan fingerprint density at radius 1 is 1.22 bits per heavy atom. The van der Waals surface area contributed by atoms with Crippen LogP contribution in [0.25, 0.3) is 10.9 Å². The van der Waals surface area contributed by atoms with E-state index in [9.17, 15) is 4.39 Å². The van der Waals surface area contributed by atoms with Crippen molar-refractivity contribution in [1.29, 1.82) is 0 Å². The van der Waals surface area contributed by atoms with Gasteiger partial charge >= 0.3 is 0 Å². The molecule has 5 rings (SSSR count). The number of rotatable bonds is 6. The number of hydrogen-bond donors (Lipinski definition) is 2. The zero-order chi connectivity index (χ0) is 21.9. The molecule has 0 spiro atoms. The van der Waals surface area contributed by atoms with Crippen LogP contribution in [0.15, 0.2) is 36.5 Å². The lowest BCUT2D eigenvalue weighted by Gasteiger charge is -2.33. The first kappa shape index (κ1) is 20.9. The average molecular weight is 436 g/mol. The van der Waals surface area contributed by atoms with Crippen LogP contribution in [-0.4, -0.2) is 54.2 Å². The molecule has 0 unspecified atom stereocenters. The number of halogens is 1. The lowest BCUT2D eigenvalue weighted by molar-refractivity contribution is 0.221. The van der Waals surface area contributed by atoms with Crippen LogP contribution in [0, 0.1) is 5.82 Å². The third-order valence-electron chi connectivity index (χ3n) is 6.65. The van der Waals surface area contributed by atoms with Gasteiger partial charge in [0.1, 0.15) is 23.2 Å². The fraction of sp³-hybridized carbons (Fsp3) is 0.440. The molecule has 6 nitrogen and oxygen atoms in total. The van der Waals surface area contributed by atoms with Crippen molar-refractivity contribution in [2.24, 2.45) is 0 Å². The van der Waals surface area contributed by atoms with E-state index in [4.69, 9.17) is 9.72 Å². The SMILES string of the molecule is COc1ccc2ncc(F)c(CCN3CCC(Nc4ccc5c(n4)NCCC5)CC3)c2c1. The number of nitrogens with zero attached hydrogens (tertiary/aromatic N) is 3. The first-order valence-electron chi connectivity index (χ1n) is 11.5. The van der Waals surface area contributed by atoms with Crippen LogP contribution in [0.3, 0.4) is 0 Å². The second-order valence-electron chi connectivity index (χ2n) is 8.71. The fourth-order valence-corrected chi connectivity index (χ4v) is 4.77. The molecule has 1 fully saturated rings. The van der Waals surface area contributed by atoms with Gasteiger partial charge in [0.05, 0.1) is 18.8 Å². The van der Waals surface area contributed by atoms with Crippen LogP contribution < -0.4 is 15.4 Å².